The standard InChI is InChI=1S/C24H29NO2/c1-27-24(26)15-17-4-6-18(7-5-17)19-8-10-20(11-9-19)21-12-13-23-22(16-21)3-2-14-25-23/h8-13,16-18,25H,2-7,14-15H2,1H3. The second-order valence-corrected chi connectivity index (χ2v) is 8.02. The minimum atomic E-state index is -0.0666. The maximum atomic E-state index is 11.5. The van der Waals surface area contributed by atoms with Gasteiger partial charge in [0.15, 0.2) is 0 Å². The maximum Gasteiger partial charge on any atom is 0.305 e. The van der Waals surface area contributed by atoms with Gasteiger partial charge in [-0.15, -0.1) is 0 Å². The van der Waals surface area contributed by atoms with Crippen LogP contribution < -0.4 is 5.32 Å². The molecule has 0 atom stereocenters. The Hall–Kier alpha value is -2.29. The monoisotopic (exact) mass is 363 g/mol. The Balaban J connectivity index is 1.40. The van der Waals surface area contributed by atoms with Crippen molar-refractivity contribution in [3.8, 4) is 11.1 Å². The summed E-state index contributed by atoms with van der Waals surface area (Å²) in [7, 11) is 1.48. The first-order chi connectivity index (χ1) is 13.2. The van der Waals surface area contributed by atoms with Crippen LogP contribution in [0, 0.1) is 5.92 Å². The lowest BCUT2D eigenvalue weighted by atomic mass is 9.77. The van der Waals surface area contributed by atoms with E-state index in [0.29, 0.717) is 18.3 Å². The molecule has 0 bridgehead atoms. The van der Waals surface area contributed by atoms with E-state index in [0.717, 1.165) is 19.4 Å². The lowest BCUT2D eigenvalue weighted by Crippen LogP contribution is -2.17. The highest BCUT2D eigenvalue weighted by Gasteiger charge is 2.24. The molecule has 0 spiro atoms. The van der Waals surface area contributed by atoms with E-state index < -0.39 is 0 Å². The number of anilines is 1. The zero-order valence-corrected chi connectivity index (χ0v) is 16.2. The van der Waals surface area contributed by atoms with Crippen LogP contribution in [0.2, 0.25) is 0 Å². The largest absolute Gasteiger partial charge is 0.469 e. The number of carbonyl (C=O) groups is 1. The van der Waals surface area contributed by atoms with Crippen molar-refractivity contribution >= 4 is 11.7 Å². The fourth-order valence-corrected chi connectivity index (χ4v) is 4.62. The zero-order valence-electron chi connectivity index (χ0n) is 16.2. The van der Waals surface area contributed by atoms with Crippen LogP contribution >= 0.6 is 0 Å². The molecule has 2 aromatic rings. The van der Waals surface area contributed by atoms with E-state index >= 15 is 0 Å². The Labute approximate surface area is 162 Å². The van der Waals surface area contributed by atoms with Gasteiger partial charge in [0.05, 0.1) is 7.11 Å². The third-order valence-electron chi connectivity index (χ3n) is 6.29. The van der Waals surface area contributed by atoms with Crippen LogP contribution in [0.5, 0.6) is 0 Å². The van der Waals surface area contributed by atoms with E-state index in [4.69, 9.17) is 4.74 Å². The molecule has 1 aliphatic heterocycles. The van der Waals surface area contributed by atoms with E-state index in [9.17, 15) is 4.79 Å². The molecule has 1 aliphatic carbocycles. The lowest BCUT2D eigenvalue weighted by molar-refractivity contribution is -0.142. The molecule has 2 aliphatic rings. The molecule has 3 nitrogen and oxygen atoms in total. The summed E-state index contributed by atoms with van der Waals surface area (Å²) < 4.78 is 4.81. The van der Waals surface area contributed by atoms with Gasteiger partial charge in [-0.3, -0.25) is 4.79 Å². The van der Waals surface area contributed by atoms with Crippen LogP contribution in [0.25, 0.3) is 11.1 Å². The second kappa shape index (κ2) is 8.16. The van der Waals surface area contributed by atoms with Gasteiger partial charge in [0.25, 0.3) is 0 Å². The van der Waals surface area contributed by atoms with Crippen LogP contribution in [-0.2, 0) is 16.0 Å². The van der Waals surface area contributed by atoms with Gasteiger partial charge in [0.2, 0.25) is 0 Å². The number of benzene rings is 2. The molecule has 1 heterocycles. The molecule has 0 radical (unpaired) electrons. The van der Waals surface area contributed by atoms with E-state index in [-0.39, 0.29) is 5.97 Å². The van der Waals surface area contributed by atoms with Gasteiger partial charge in [0, 0.05) is 18.7 Å². The Morgan fingerprint density at radius 3 is 2.52 bits per heavy atom. The minimum absolute atomic E-state index is 0.0666. The number of hydrogen-bond acceptors (Lipinski definition) is 3. The van der Waals surface area contributed by atoms with Gasteiger partial charge >= 0.3 is 5.97 Å². The molecular formula is C24H29NO2. The summed E-state index contributed by atoms with van der Waals surface area (Å²) >= 11 is 0. The van der Waals surface area contributed by atoms with Crippen molar-refractivity contribution < 1.29 is 9.53 Å². The number of rotatable bonds is 4. The van der Waals surface area contributed by atoms with E-state index in [1.807, 2.05) is 0 Å². The van der Waals surface area contributed by atoms with Crippen molar-refractivity contribution in [1.82, 2.24) is 0 Å². The third-order valence-corrected chi connectivity index (χ3v) is 6.29. The molecule has 2 aromatic carbocycles. The van der Waals surface area contributed by atoms with Gasteiger partial charge < -0.3 is 10.1 Å². The Morgan fingerprint density at radius 2 is 1.78 bits per heavy atom. The molecule has 0 amide bonds. The van der Waals surface area contributed by atoms with Gasteiger partial charge in [0.1, 0.15) is 0 Å². The topological polar surface area (TPSA) is 38.3 Å². The molecule has 0 unspecified atom stereocenters. The normalized spacial score (nSPS) is 21.8. The lowest BCUT2D eigenvalue weighted by Gasteiger charge is -2.28. The highest BCUT2D eigenvalue weighted by atomic mass is 16.5. The number of methoxy groups -OCH3 is 1. The van der Waals surface area contributed by atoms with Crippen LogP contribution in [-0.4, -0.2) is 19.6 Å². The van der Waals surface area contributed by atoms with Crippen LogP contribution in [0.15, 0.2) is 42.5 Å². The second-order valence-electron chi connectivity index (χ2n) is 8.02. The van der Waals surface area contributed by atoms with Crippen LogP contribution in [0.1, 0.15) is 55.6 Å². The van der Waals surface area contributed by atoms with Gasteiger partial charge in [-0.2, -0.15) is 0 Å². The molecule has 0 saturated heterocycles. The summed E-state index contributed by atoms with van der Waals surface area (Å²) in [6.07, 6.45) is 7.56. The predicted octanol–water partition coefficient (Wildman–Crippen LogP) is 5.55. The van der Waals surface area contributed by atoms with Gasteiger partial charge in [-0.05, 0) is 84.7 Å². The molecule has 142 valence electrons. The summed E-state index contributed by atoms with van der Waals surface area (Å²) in [5, 5.41) is 3.48. The third kappa shape index (κ3) is 4.18. The number of ether oxygens (including phenoxy) is 1. The highest BCUT2D eigenvalue weighted by molar-refractivity contribution is 5.70. The number of carbonyl (C=O) groups excluding carboxylic acids is 1. The molecule has 1 saturated carbocycles. The quantitative estimate of drug-likeness (QED) is 0.724. The first kappa shape index (κ1) is 18.1. The fourth-order valence-electron chi connectivity index (χ4n) is 4.62. The molecular weight excluding hydrogens is 334 g/mol. The summed E-state index contributed by atoms with van der Waals surface area (Å²) in [5.74, 6) is 1.06. The van der Waals surface area contributed by atoms with Crippen molar-refractivity contribution in [2.75, 3.05) is 19.0 Å². The summed E-state index contributed by atoms with van der Waals surface area (Å²) in [4.78, 5) is 11.5. The van der Waals surface area contributed by atoms with Gasteiger partial charge in [-0.25, -0.2) is 0 Å². The predicted molar refractivity (Wildman–Crippen MR) is 110 cm³/mol. The summed E-state index contributed by atoms with van der Waals surface area (Å²) in [6, 6.07) is 15.9. The number of hydrogen-bond donors (Lipinski definition) is 1. The van der Waals surface area contributed by atoms with Crippen LogP contribution in [0.3, 0.4) is 0 Å². The van der Waals surface area contributed by atoms with Crippen molar-refractivity contribution in [3.05, 3.63) is 53.6 Å². The molecule has 1 N–H and O–H groups in total. The minimum Gasteiger partial charge on any atom is -0.469 e. The first-order valence-corrected chi connectivity index (χ1v) is 10.3. The zero-order chi connectivity index (χ0) is 18.6. The highest BCUT2D eigenvalue weighted by Crippen LogP contribution is 2.38. The van der Waals surface area contributed by atoms with E-state index in [1.54, 1.807) is 0 Å². The molecule has 27 heavy (non-hydrogen) atoms. The molecule has 3 heteroatoms. The van der Waals surface area contributed by atoms with Crippen molar-refractivity contribution in [2.24, 2.45) is 5.92 Å². The van der Waals surface area contributed by atoms with E-state index in [2.05, 4.69) is 47.8 Å². The van der Waals surface area contributed by atoms with Gasteiger partial charge in [-0.1, -0.05) is 30.3 Å². The summed E-state index contributed by atoms with van der Waals surface area (Å²) in [6.45, 7) is 1.09. The van der Waals surface area contributed by atoms with Crippen molar-refractivity contribution in [2.45, 2.75) is 50.9 Å². The van der Waals surface area contributed by atoms with E-state index in [1.165, 1.54) is 60.7 Å². The maximum absolute atomic E-state index is 11.5. The average molecular weight is 364 g/mol. The smallest absolute Gasteiger partial charge is 0.305 e. The van der Waals surface area contributed by atoms with Crippen LogP contribution in [0.4, 0.5) is 5.69 Å². The Kier molecular flexibility index (Phi) is 5.47. The Bertz CT molecular complexity index is 789. The Morgan fingerprint density at radius 1 is 1.04 bits per heavy atom. The number of esters is 1. The number of nitrogens with one attached hydrogen (secondary N) is 1. The SMILES string of the molecule is COC(=O)CC1CCC(c2ccc(-c3ccc4c(c3)CCCN4)cc2)CC1. The molecule has 1 fully saturated rings. The molecule has 4 rings (SSSR count). The number of fused-ring (bicyclic) bond motifs is 1. The van der Waals surface area contributed by atoms with Crippen molar-refractivity contribution in [3.63, 3.8) is 0 Å². The fraction of sp³-hybridized carbons (Fsp3) is 0.458. The summed E-state index contributed by atoms with van der Waals surface area (Å²) in [5.41, 5.74) is 6.78. The average Bonchev–Trinajstić information content (AvgIpc) is 2.74. The first-order valence-electron chi connectivity index (χ1n) is 10.3. The van der Waals surface area contributed by atoms with Crippen molar-refractivity contribution in [1.29, 1.82) is 0 Å². The molecule has 0 aromatic heterocycles. The number of aryl methyl sites for hydroxylation is 1.